The summed E-state index contributed by atoms with van der Waals surface area (Å²) in [5.74, 6) is 0.616. The van der Waals surface area contributed by atoms with E-state index in [1.165, 1.54) is 4.90 Å². The summed E-state index contributed by atoms with van der Waals surface area (Å²) in [6.07, 6.45) is 3.68. The Morgan fingerprint density at radius 2 is 2.08 bits per heavy atom. The molecule has 6 nitrogen and oxygen atoms in total. The van der Waals surface area contributed by atoms with Gasteiger partial charge in [-0.3, -0.25) is 9.69 Å². The molecule has 1 aromatic rings. The molecule has 8 heteroatoms. The van der Waals surface area contributed by atoms with Crippen LogP contribution in [0.2, 0.25) is 0 Å². The quantitative estimate of drug-likeness (QED) is 0.607. The molecular weight excluding hydrogens is 376 g/mol. The topological polar surface area (TPSA) is 81.9 Å². The Hall–Kier alpha value is -1.96. The summed E-state index contributed by atoms with van der Waals surface area (Å²) in [4.78, 5) is 26.2. The van der Waals surface area contributed by atoms with E-state index in [1.54, 1.807) is 31.0 Å². The van der Waals surface area contributed by atoms with Crippen LogP contribution in [0.1, 0.15) is 12.5 Å². The minimum absolute atomic E-state index is 0. The highest BCUT2D eigenvalue weighted by atomic mass is 35.5. The van der Waals surface area contributed by atoms with Gasteiger partial charge in [-0.25, -0.2) is 4.79 Å². The number of carbonyl (C=O) groups excluding carboxylic acids is 2. The number of β-lactam (4-membered cyclic amide) rings is 1. The number of carbonyl (C=O) groups is 2. The number of amides is 1. The number of thioether (sulfide) groups is 1. The number of rotatable bonds is 5. The second-order valence-electron chi connectivity index (χ2n) is 5.73. The van der Waals surface area contributed by atoms with E-state index >= 15 is 0 Å². The van der Waals surface area contributed by atoms with Crippen LogP contribution in [0, 0.1) is 0 Å². The van der Waals surface area contributed by atoms with Gasteiger partial charge in [0, 0.05) is 5.75 Å². The normalized spacial score (nSPS) is 21.8. The van der Waals surface area contributed by atoms with E-state index in [1.807, 2.05) is 31.2 Å². The number of fused-ring (bicyclic) bond motifs is 1. The Balaban J connectivity index is 0.00000243. The van der Waals surface area contributed by atoms with Gasteiger partial charge in [0.1, 0.15) is 29.5 Å². The standard InChI is InChI=1S/C18H20N2O4S.ClH/c1-3-4-12-10-25-17-14(19)16(21)20(17)15(12)18(22)24-9-11-5-7-13(23-2)8-6-11;/h3-8,14,17H,9-10,19H2,1-2H3;1H/b4-3-;/t14?,17-;/m1./s1. The number of benzene rings is 1. The molecule has 0 spiro atoms. The van der Waals surface area contributed by atoms with Gasteiger partial charge in [0.25, 0.3) is 0 Å². The van der Waals surface area contributed by atoms with Gasteiger partial charge in [-0.2, -0.15) is 0 Å². The number of esters is 1. The highest BCUT2D eigenvalue weighted by Crippen LogP contribution is 2.40. The molecule has 1 fully saturated rings. The fourth-order valence-corrected chi connectivity index (χ4v) is 4.06. The largest absolute Gasteiger partial charge is 0.497 e. The molecule has 2 aliphatic heterocycles. The summed E-state index contributed by atoms with van der Waals surface area (Å²) in [6, 6.07) is 6.72. The molecule has 1 saturated heterocycles. The first-order valence-corrected chi connectivity index (χ1v) is 8.98. The molecule has 0 aromatic heterocycles. The smallest absolute Gasteiger partial charge is 0.355 e. The van der Waals surface area contributed by atoms with E-state index in [2.05, 4.69) is 0 Å². The molecule has 2 N–H and O–H groups in total. The number of halogens is 1. The zero-order valence-corrected chi connectivity index (χ0v) is 16.1. The van der Waals surface area contributed by atoms with E-state index in [9.17, 15) is 9.59 Å². The first kappa shape index (κ1) is 20.4. The van der Waals surface area contributed by atoms with Crippen molar-refractivity contribution in [1.82, 2.24) is 4.90 Å². The summed E-state index contributed by atoms with van der Waals surface area (Å²) in [7, 11) is 1.59. The maximum Gasteiger partial charge on any atom is 0.355 e. The van der Waals surface area contributed by atoms with Crippen LogP contribution in [0.3, 0.4) is 0 Å². The summed E-state index contributed by atoms with van der Waals surface area (Å²) in [5.41, 5.74) is 7.77. The number of nitrogens with zero attached hydrogens (tertiary/aromatic N) is 1. The van der Waals surface area contributed by atoms with Crippen LogP contribution >= 0.6 is 24.2 Å². The lowest BCUT2D eigenvalue weighted by Crippen LogP contribution is -2.68. The van der Waals surface area contributed by atoms with E-state index in [0.29, 0.717) is 11.4 Å². The lowest BCUT2D eigenvalue weighted by Gasteiger charge is -2.48. The third-order valence-corrected chi connectivity index (χ3v) is 5.45. The molecule has 0 aliphatic carbocycles. The molecule has 0 bridgehead atoms. The molecule has 1 amide bonds. The second-order valence-corrected chi connectivity index (χ2v) is 6.84. The molecule has 26 heavy (non-hydrogen) atoms. The van der Waals surface area contributed by atoms with Crippen molar-refractivity contribution in [2.45, 2.75) is 24.9 Å². The average Bonchev–Trinajstić information content (AvgIpc) is 2.65. The van der Waals surface area contributed by atoms with Gasteiger partial charge < -0.3 is 15.2 Å². The predicted octanol–water partition coefficient (Wildman–Crippen LogP) is 2.23. The average molecular weight is 397 g/mol. The zero-order chi connectivity index (χ0) is 18.0. The van der Waals surface area contributed by atoms with Crippen molar-refractivity contribution in [3.8, 4) is 5.75 Å². The fraction of sp³-hybridized carbons (Fsp3) is 0.333. The van der Waals surface area contributed by atoms with Crippen LogP contribution in [-0.2, 0) is 20.9 Å². The van der Waals surface area contributed by atoms with E-state index in [0.717, 1.165) is 16.9 Å². The van der Waals surface area contributed by atoms with Gasteiger partial charge in [0.05, 0.1) is 7.11 Å². The van der Waals surface area contributed by atoms with Crippen LogP contribution in [0.5, 0.6) is 5.75 Å². The van der Waals surface area contributed by atoms with Crippen molar-refractivity contribution in [3.63, 3.8) is 0 Å². The van der Waals surface area contributed by atoms with Gasteiger partial charge in [0.2, 0.25) is 5.91 Å². The third-order valence-electron chi connectivity index (χ3n) is 4.13. The van der Waals surface area contributed by atoms with Crippen molar-refractivity contribution in [2.75, 3.05) is 12.9 Å². The monoisotopic (exact) mass is 396 g/mol. The molecule has 3 rings (SSSR count). The minimum atomic E-state index is -0.554. The van der Waals surface area contributed by atoms with Crippen molar-refractivity contribution in [3.05, 3.63) is 53.3 Å². The SMILES string of the molecule is C/C=C\C1=C(C(=O)OCc2ccc(OC)cc2)N2C(=O)C(N)[C@H]2SC1.Cl. The van der Waals surface area contributed by atoms with Crippen molar-refractivity contribution in [1.29, 1.82) is 0 Å². The summed E-state index contributed by atoms with van der Waals surface area (Å²) in [5, 5.41) is -0.190. The Morgan fingerprint density at radius 3 is 2.69 bits per heavy atom. The van der Waals surface area contributed by atoms with Crippen LogP contribution < -0.4 is 10.5 Å². The van der Waals surface area contributed by atoms with E-state index in [4.69, 9.17) is 15.2 Å². The Morgan fingerprint density at radius 1 is 1.38 bits per heavy atom. The molecule has 1 aromatic carbocycles. The number of allylic oxidation sites excluding steroid dienone is 2. The van der Waals surface area contributed by atoms with E-state index in [-0.39, 0.29) is 30.3 Å². The van der Waals surface area contributed by atoms with Crippen LogP contribution in [-0.4, -0.2) is 41.1 Å². The van der Waals surface area contributed by atoms with Gasteiger partial charge >= 0.3 is 5.97 Å². The number of hydrogen-bond acceptors (Lipinski definition) is 6. The maximum atomic E-state index is 12.6. The predicted molar refractivity (Wildman–Crippen MR) is 103 cm³/mol. The molecular formula is C18H21ClN2O4S. The maximum absolute atomic E-state index is 12.6. The van der Waals surface area contributed by atoms with Gasteiger partial charge in [0.15, 0.2) is 0 Å². The molecule has 2 atom stereocenters. The minimum Gasteiger partial charge on any atom is -0.497 e. The second kappa shape index (κ2) is 8.62. The Bertz CT molecular complexity index is 748. The highest BCUT2D eigenvalue weighted by Gasteiger charge is 2.51. The van der Waals surface area contributed by atoms with Crippen molar-refractivity contribution < 1.29 is 19.1 Å². The number of nitrogens with two attached hydrogens (primary N) is 1. The molecule has 0 saturated carbocycles. The summed E-state index contributed by atoms with van der Waals surface area (Å²) in [6.45, 7) is 2.00. The van der Waals surface area contributed by atoms with Crippen molar-refractivity contribution >= 4 is 36.0 Å². The zero-order valence-electron chi connectivity index (χ0n) is 14.5. The third kappa shape index (κ3) is 3.75. The fourth-order valence-electron chi connectivity index (χ4n) is 2.80. The van der Waals surface area contributed by atoms with Gasteiger partial charge in [-0.15, -0.1) is 24.2 Å². The van der Waals surface area contributed by atoms with Gasteiger partial charge in [-0.05, 0) is 30.2 Å². The first-order valence-electron chi connectivity index (χ1n) is 7.93. The number of hydrogen-bond donors (Lipinski definition) is 1. The number of methoxy groups -OCH3 is 1. The van der Waals surface area contributed by atoms with Crippen molar-refractivity contribution in [2.24, 2.45) is 5.73 Å². The Kier molecular flexibility index (Phi) is 6.75. The summed E-state index contributed by atoms with van der Waals surface area (Å²) >= 11 is 1.56. The number of ether oxygens (including phenoxy) is 2. The molecule has 2 heterocycles. The lowest BCUT2D eigenvalue weighted by atomic mass is 10.0. The van der Waals surface area contributed by atoms with Crippen LogP contribution in [0.15, 0.2) is 47.7 Å². The molecule has 1 unspecified atom stereocenters. The molecule has 2 aliphatic rings. The van der Waals surface area contributed by atoms with Gasteiger partial charge in [-0.1, -0.05) is 24.3 Å². The first-order chi connectivity index (χ1) is 12.1. The van der Waals surface area contributed by atoms with E-state index < -0.39 is 12.0 Å². The summed E-state index contributed by atoms with van der Waals surface area (Å²) < 4.78 is 10.5. The van der Waals surface area contributed by atoms with Crippen LogP contribution in [0.4, 0.5) is 0 Å². The highest BCUT2D eigenvalue weighted by molar-refractivity contribution is 8.00. The molecule has 0 radical (unpaired) electrons. The molecule has 140 valence electrons. The Labute approximate surface area is 162 Å². The lowest BCUT2D eigenvalue weighted by molar-refractivity contribution is -0.151. The van der Waals surface area contributed by atoms with Crippen LogP contribution in [0.25, 0.3) is 0 Å².